The van der Waals surface area contributed by atoms with Crippen LogP contribution >= 0.6 is 0 Å². The first-order valence-electron chi connectivity index (χ1n) is 9.00. The molecule has 1 unspecified atom stereocenters. The second kappa shape index (κ2) is 17.0. The van der Waals surface area contributed by atoms with Gasteiger partial charge in [-0.2, -0.15) is 0 Å². The van der Waals surface area contributed by atoms with Crippen LogP contribution in [0.1, 0.15) is 91.4 Å². The molecule has 2 nitrogen and oxygen atoms in total. The van der Waals surface area contributed by atoms with E-state index in [9.17, 15) is 0 Å². The van der Waals surface area contributed by atoms with Gasteiger partial charge in [0, 0.05) is 13.2 Å². The zero-order valence-electron chi connectivity index (χ0n) is 14.3. The summed E-state index contributed by atoms with van der Waals surface area (Å²) in [5, 5.41) is 0. The van der Waals surface area contributed by atoms with Crippen molar-refractivity contribution < 1.29 is 9.47 Å². The second-order valence-electron chi connectivity index (χ2n) is 5.94. The third-order valence-corrected chi connectivity index (χ3v) is 3.65. The second-order valence-corrected chi connectivity index (χ2v) is 5.94. The molecular formula is C18H38O2. The Hall–Kier alpha value is -0.0800. The molecule has 0 N–H and O–H groups in total. The zero-order chi connectivity index (χ0) is 14.9. The number of ether oxygens (including phenoxy) is 2. The summed E-state index contributed by atoms with van der Waals surface area (Å²) in [7, 11) is 0. The summed E-state index contributed by atoms with van der Waals surface area (Å²) >= 11 is 0. The molecule has 0 fully saturated rings. The molecule has 0 aliphatic rings. The van der Waals surface area contributed by atoms with Gasteiger partial charge in [0.25, 0.3) is 0 Å². The van der Waals surface area contributed by atoms with Crippen LogP contribution in [-0.2, 0) is 9.47 Å². The Bertz CT molecular complexity index is 171. The van der Waals surface area contributed by atoms with Crippen molar-refractivity contribution in [2.45, 2.75) is 97.5 Å². The predicted molar refractivity (Wildman–Crippen MR) is 88.4 cm³/mol. The molecule has 0 aromatic heterocycles. The van der Waals surface area contributed by atoms with Crippen molar-refractivity contribution in [2.75, 3.05) is 19.8 Å². The van der Waals surface area contributed by atoms with E-state index in [1.54, 1.807) is 0 Å². The summed E-state index contributed by atoms with van der Waals surface area (Å²) in [4.78, 5) is 0. The van der Waals surface area contributed by atoms with Crippen LogP contribution < -0.4 is 0 Å². The van der Waals surface area contributed by atoms with Gasteiger partial charge in [-0.15, -0.1) is 0 Å². The molecule has 0 aliphatic heterocycles. The van der Waals surface area contributed by atoms with Gasteiger partial charge in [0.1, 0.15) is 0 Å². The predicted octanol–water partition coefficient (Wildman–Crippen LogP) is 5.74. The normalized spacial score (nSPS) is 12.8. The number of unbranched alkanes of at least 4 members (excludes halogenated alkanes) is 9. The highest BCUT2D eigenvalue weighted by Gasteiger charge is 2.01. The minimum absolute atomic E-state index is 0.251. The van der Waals surface area contributed by atoms with Gasteiger partial charge in [-0.25, -0.2) is 0 Å². The molecule has 1 atom stereocenters. The van der Waals surface area contributed by atoms with Crippen LogP contribution in [0, 0.1) is 0 Å². The molecule has 0 spiro atoms. The van der Waals surface area contributed by atoms with Gasteiger partial charge < -0.3 is 9.47 Å². The van der Waals surface area contributed by atoms with Crippen LogP contribution in [0.15, 0.2) is 0 Å². The summed E-state index contributed by atoms with van der Waals surface area (Å²) < 4.78 is 11.4. The lowest BCUT2D eigenvalue weighted by molar-refractivity contribution is -0.00860. The van der Waals surface area contributed by atoms with Crippen LogP contribution in [0.2, 0.25) is 0 Å². The standard InChI is InChI=1S/C18H38O2/c1-4-6-8-9-10-11-12-14-15-19-17-18(3)20-16-13-7-5-2/h18H,4-17H2,1-3H3. The number of hydrogen-bond acceptors (Lipinski definition) is 2. The Morgan fingerprint density at radius 3 is 1.80 bits per heavy atom. The van der Waals surface area contributed by atoms with Gasteiger partial charge >= 0.3 is 0 Å². The fraction of sp³-hybridized carbons (Fsp3) is 1.00. The fourth-order valence-electron chi connectivity index (χ4n) is 2.27. The summed E-state index contributed by atoms with van der Waals surface area (Å²) in [6.07, 6.45) is 14.8. The number of rotatable bonds is 16. The van der Waals surface area contributed by atoms with E-state index in [0.29, 0.717) is 0 Å². The lowest BCUT2D eigenvalue weighted by Gasteiger charge is -2.13. The molecule has 0 bridgehead atoms. The van der Waals surface area contributed by atoms with E-state index in [2.05, 4.69) is 20.8 Å². The Morgan fingerprint density at radius 1 is 0.650 bits per heavy atom. The van der Waals surface area contributed by atoms with Gasteiger partial charge in [-0.3, -0.25) is 0 Å². The van der Waals surface area contributed by atoms with Gasteiger partial charge in [0.15, 0.2) is 0 Å². The van der Waals surface area contributed by atoms with Crippen molar-refractivity contribution in [1.29, 1.82) is 0 Å². The van der Waals surface area contributed by atoms with Crippen molar-refractivity contribution in [1.82, 2.24) is 0 Å². The third-order valence-electron chi connectivity index (χ3n) is 3.65. The highest BCUT2D eigenvalue weighted by molar-refractivity contribution is 4.49. The molecule has 0 aromatic rings. The van der Waals surface area contributed by atoms with E-state index in [1.807, 2.05) is 0 Å². The van der Waals surface area contributed by atoms with Crippen molar-refractivity contribution in [3.05, 3.63) is 0 Å². The highest BCUT2D eigenvalue weighted by Crippen LogP contribution is 2.08. The van der Waals surface area contributed by atoms with E-state index in [-0.39, 0.29) is 6.10 Å². The summed E-state index contributed by atoms with van der Waals surface area (Å²) in [5.74, 6) is 0. The van der Waals surface area contributed by atoms with E-state index < -0.39 is 0 Å². The molecule has 0 rings (SSSR count). The van der Waals surface area contributed by atoms with Crippen LogP contribution in [0.25, 0.3) is 0 Å². The lowest BCUT2D eigenvalue weighted by Crippen LogP contribution is -2.17. The van der Waals surface area contributed by atoms with Crippen molar-refractivity contribution in [3.8, 4) is 0 Å². The van der Waals surface area contributed by atoms with E-state index in [1.165, 1.54) is 70.6 Å². The van der Waals surface area contributed by atoms with E-state index in [4.69, 9.17) is 9.47 Å². The summed E-state index contributed by atoms with van der Waals surface area (Å²) in [5.41, 5.74) is 0. The molecule has 0 saturated heterocycles. The average molecular weight is 286 g/mol. The average Bonchev–Trinajstić information content (AvgIpc) is 2.45. The fourth-order valence-corrected chi connectivity index (χ4v) is 2.27. The largest absolute Gasteiger partial charge is 0.379 e. The van der Waals surface area contributed by atoms with E-state index in [0.717, 1.165) is 19.8 Å². The highest BCUT2D eigenvalue weighted by atomic mass is 16.5. The van der Waals surface area contributed by atoms with Crippen LogP contribution in [0.5, 0.6) is 0 Å². The molecule has 20 heavy (non-hydrogen) atoms. The molecular weight excluding hydrogens is 248 g/mol. The third kappa shape index (κ3) is 16.0. The minimum atomic E-state index is 0.251. The first-order chi connectivity index (χ1) is 9.81. The molecule has 122 valence electrons. The maximum Gasteiger partial charge on any atom is 0.0780 e. The van der Waals surface area contributed by atoms with Crippen molar-refractivity contribution >= 4 is 0 Å². The molecule has 0 radical (unpaired) electrons. The summed E-state index contributed by atoms with van der Waals surface area (Å²) in [6, 6.07) is 0. The van der Waals surface area contributed by atoms with Gasteiger partial charge in [0.05, 0.1) is 12.7 Å². The Kier molecular flexibility index (Phi) is 16.9. The maximum atomic E-state index is 5.70. The van der Waals surface area contributed by atoms with Crippen LogP contribution in [0.3, 0.4) is 0 Å². The SMILES string of the molecule is CCCCCCCCCCOCC(C)OCCCCC. The molecule has 2 heteroatoms. The van der Waals surface area contributed by atoms with Gasteiger partial charge in [-0.05, 0) is 19.8 Å². The van der Waals surface area contributed by atoms with Crippen molar-refractivity contribution in [2.24, 2.45) is 0 Å². The monoisotopic (exact) mass is 286 g/mol. The van der Waals surface area contributed by atoms with Gasteiger partial charge in [0.2, 0.25) is 0 Å². The molecule has 0 aliphatic carbocycles. The Morgan fingerprint density at radius 2 is 1.15 bits per heavy atom. The Balaban J connectivity index is 3.07. The minimum Gasteiger partial charge on any atom is -0.379 e. The summed E-state index contributed by atoms with van der Waals surface area (Å²) in [6.45, 7) is 9.14. The van der Waals surface area contributed by atoms with E-state index >= 15 is 0 Å². The Labute approximate surface area is 127 Å². The smallest absolute Gasteiger partial charge is 0.0780 e. The molecule has 0 heterocycles. The maximum absolute atomic E-state index is 5.70. The number of hydrogen-bond donors (Lipinski definition) is 0. The topological polar surface area (TPSA) is 18.5 Å². The van der Waals surface area contributed by atoms with Crippen LogP contribution in [0.4, 0.5) is 0 Å². The van der Waals surface area contributed by atoms with Crippen molar-refractivity contribution in [3.63, 3.8) is 0 Å². The first kappa shape index (κ1) is 19.9. The molecule has 0 saturated carbocycles. The quantitative estimate of drug-likeness (QED) is 0.337. The van der Waals surface area contributed by atoms with Gasteiger partial charge in [-0.1, -0.05) is 71.6 Å². The molecule has 0 aromatic carbocycles. The first-order valence-corrected chi connectivity index (χ1v) is 9.00. The lowest BCUT2D eigenvalue weighted by atomic mass is 10.1. The molecule has 0 amide bonds. The van der Waals surface area contributed by atoms with Crippen LogP contribution in [-0.4, -0.2) is 25.9 Å². The zero-order valence-corrected chi connectivity index (χ0v) is 14.3.